The summed E-state index contributed by atoms with van der Waals surface area (Å²) in [7, 11) is 0. The first-order valence-electron chi connectivity index (χ1n) is 7.32. The molecule has 2 saturated carbocycles. The van der Waals surface area contributed by atoms with Crippen LogP contribution in [0.5, 0.6) is 0 Å². The molecule has 5 nitrogen and oxygen atoms in total. The first-order valence-corrected chi connectivity index (χ1v) is 7.32. The smallest absolute Gasteiger partial charge is 0.315 e. The Morgan fingerprint density at radius 1 is 1.32 bits per heavy atom. The Morgan fingerprint density at radius 3 is 2.58 bits per heavy atom. The highest BCUT2D eigenvalue weighted by molar-refractivity contribution is 5.75. The molecule has 0 aromatic heterocycles. The highest BCUT2D eigenvalue weighted by Crippen LogP contribution is 2.48. The van der Waals surface area contributed by atoms with Crippen LogP contribution in [0.4, 0.5) is 4.79 Å². The van der Waals surface area contributed by atoms with E-state index in [1.165, 1.54) is 19.3 Å². The molecule has 3 N–H and O–H groups in total. The molecule has 0 unspecified atom stereocenters. The first-order chi connectivity index (χ1) is 9.04. The Labute approximate surface area is 114 Å². The number of hydrogen-bond donors (Lipinski definition) is 3. The lowest BCUT2D eigenvalue weighted by Gasteiger charge is -2.17. The fourth-order valence-electron chi connectivity index (χ4n) is 3.06. The van der Waals surface area contributed by atoms with Gasteiger partial charge < -0.3 is 15.7 Å². The molecule has 19 heavy (non-hydrogen) atoms. The average Bonchev–Trinajstić information content (AvgIpc) is 2.96. The van der Waals surface area contributed by atoms with E-state index < -0.39 is 5.97 Å². The summed E-state index contributed by atoms with van der Waals surface area (Å²) in [5, 5.41) is 14.8. The Hall–Kier alpha value is -1.26. The lowest BCUT2D eigenvalue weighted by Crippen LogP contribution is -2.43. The summed E-state index contributed by atoms with van der Waals surface area (Å²) in [6.07, 6.45) is 6.76. The molecule has 0 bridgehead atoms. The molecule has 108 valence electrons. The number of carboxylic acids is 1. The van der Waals surface area contributed by atoms with Crippen LogP contribution in [-0.2, 0) is 4.79 Å². The van der Waals surface area contributed by atoms with Crippen molar-refractivity contribution in [2.45, 2.75) is 57.9 Å². The minimum atomic E-state index is -0.746. The van der Waals surface area contributed by atoms with E-state index in [0.717, 1.165) is 19.4 Å². The molecule has 2 aliphatic carbocycles. The molecule has 2 rings (SSSR count). The molecule has 5 heteroatoms. The van der Waals surface area contributed by atoms with Crippen molar-refractivity contribution in [3.05, 3.63) is 0 Å². The van der Waals surface area contributed by atoms with Crippen molar-refractivity contribution < 1.29 is 14.7 Å². The van der Waals surface area contributed by atoms with Gasteiger partial charge in [-0.05, 0) is 43.9 Å². The zero-order valence-corrected chi connectivity index (χ0v) is 11.6. The van der Waals surface area contributed by atoms with E-state index in [1.54, 1.807) is 0 Å². The second-order valence-corrected chi connectivity index (χ2v) is 6.12. The number of amides is 2. The maximum absolute atomic E-state index is 11.8. The maximum atomic E-state index is 11.8. The number of rotatable bonds is 6. The maximum Gasteiger partial charge on any atom is 0.315 e. The third-order valence-corrected chi connectivity index (χ3v) is 4.48. The molecule has 2 fully saturated rings. The van der Waals surface area contributed by atoms with Gasteiger partial charge in [0.15, 0.2) is 0 Å². The number of carbonyl (C=O) groups is 2. The summed E-state index contributed by atoms with van der Waals surface area (Å²) in [6.45, 7) is 2.92. The largest absolute Gasteiger partial charge is 0.481 e. The van der Waals surface area contributed by atoms with Gasteiger partial charge in [-0.25, -0.2) is 4.79 Å². The van der Waals surface area contributed by atoms with Gasteiger partial charge in [-0.3, -0.25) is 4.79 Å². The predicted molar refractivity (Wildman–Crippen MR) is 71.9 cm³/mol. The molecular weight excluding hydrogens is 244 g/mol. The summed E-state index contributed by atoms with van der Waals surface area (Å²) in [4.78, 5) is 22.6. The van der Waals surface area contributed by atoms with Crippen molar-refractivity contribution in [2.75, 3.05) is 6.54 Å². The van der Waals surface area contributed by atoms with Gasteiger partial charge in [-0.1, -0.05) is 13.3 Å². The summed E-state index contributed by atoms with van der Waals surface area (Å²) in [6, 6.07) is -0.124. The molecule has 0 heterocycles. The summed E-state index contributed by atoms with van der Waals surface area (Å²) >= 11 is 0. The van der Waals surface area contributed by atoms with Crippen LogP contribution in [-0.4, -0.2) is 29.7 Å². The summed E-state index contributed by atoms with van der Waals surface area (Å²) in [5.41, 5.74) is 0.353. The highest BCUT2D eigenvalue weighted by atomic mass is 16.4. The average molecular weight is 268 g/mol. The van der Waals surface area contributed by atoms with Gasteiger partial charge in [-0.15, -0.1) is 0 Å². The molecule has 0 spiro atoms. The van der Waals surface area contributed by atoms with Crippen molar-refractivity contribution >= 4 is 12.0 Å². The monoisotopic (exact) mass is 268 g/mol. The lowest BCUT2D eigenvalue weighted by molar-refractivity contribution is -0.141. The molecule has 0 radical (unpaired) electrons. The van der Waals surface area contributed by atoms with Crippen LogP contribution in [0.2, 0.25) is 0 Å². The Kier molecular flexibility index (Phi) is 4.32. The zero-order valence-electron chi connectivity index (χ0n) is 11.6. The Balaban J connectivity index is 1.66. The number of hydrogen-bond acceptors (Lipinski definition) is 2. The Morgan fingerprint density at radius 2 is 2.05 bits per heavy atom. The molecule has 0 aromatic carbocycles. The van der Waals surface area contributed by atoms with Gasteiger partial charge in [-0.2, -0.15) is 0 Å². The van der Waals surface area contributed by atoms with Crippen LogP contribution in [0.1, 0.15) is 51.9 Å². The topological polar surface area (TPSA) is 78.4 Å². The van der Waals surface area contributed by atoms with Crippen molar-refractivity contribution in [3.8, 4) is 0 Å². The van der Waals surface area contributed by atoms with Crippen LogP contribution < -0.4 is 10.6 Å². The second kappa shape index (κ2) is 5.80. The van der Waals surface area contributed by atoms with Crippen LogP contribution in [0.25, 0.3) is 0 Å². The number of nitrogens with one attached hydrogen (secondary N) is 2. The number of aliphatic carboxylic acids is 1. The van der Waals surface area contributed by atoms with Crippen molar-refractivity contribution in [1.29, 1.82) is 0 Å². The third-order valence-electron chi connectivity index (χ3n) is 4.48. The number of carbonyl (C=O) groups excluding carboxylic acids is 1. The molecule has 0 aliphatic heterocycles. The van der Waals surface area contributed by atoms with Crippen LogP contribution in [0.3, 0.4) is 0 Å². The van der Waals surface area contributed by atoms with Crippen LogP contribution in [0.15, 0.2) is 0 Å². The standard InChI is InChI=1S/C14H24N2O3/c1-2-5-14(6-7-14)9-15-13(19)16-11-4-3-10(8-11)12(17)18/h10-11H,2-9H2,1H3,(H,17,18)(H2,15,16,19)/t10-,11+/m1/s1. The molecule has 0 saturated heterocycles. The van der Waals surface area contributed by atoms with E-state index in [-0.39, 0.29) is 18.0 Å². The minimum Gasteiger partial charge on any atom is -0.481 e. The number of urea groups is 1. The fourth-order valence-corrected chi connectivity index (χ4v) is 3.06. The van der Waals surface area contributed by atoms with Gasteiger partial charge in [0.25, 0.3) is 0 Å². The van der Waals surface area contributed by atoms with E-state index in [0.29, 0.717) is 18.3 Å². The van der Waals surface area contributed by atoms with Crippen LogP contribution in [0, 0.1) is 11.3 Å². The highest BCUT2D eigenvalue weighted by Gasteiger charge is 2.41. The van der Waals surface area contributed by atoms with E-state index >= 15 is 0 Å². The van der Waals surface area contributed by atoms with E-state index in [4.69, 9.17) is 5.11 Å². The summed E-state index contributed by atoms with van der Waals surface area (Å²) in [5.74, 6) is -1.04. The van der Waals surface area contributed by atoms with Gasteiger partial charge in [0, 0.05) is 12.6 Å². The molecular formula is C14H24N2O3. The van der Waals surface area contributed by atoms with Crippen molar-refractivity contribution in [3.63, 3.8) is 0 Å². The normalized spacial score (nSPS) is 27.8. The quantitative estimate of drug-likeness (QED) is 0.690. The lowest BCUT2D eigenvalue weighted by atomic mass is 10.0. The van der Waals surface area contributed by atoms with Gasteiger partial charge in [0.1, 0.15) is 0 Å². The van der Waals surface area contributed by atoms with Gasteiger partial charge in [0.05, 0.1) is 5.92 Å². The second-order valence-electron chi connectivity index (χ2n) is 6.12. The zero-order chi connectivity index (χ0) is 13.9. The Bertz CT molecular complexity index is 353. The molecule has 2 atom stereocenters. The van der Waals surface area contributed by atoms with Gasteiger partial charge in [0.2, 0.25) is 0 Å². The summed E-state index contributed by atoms with van der Waals surface area (Å²) < 4.78 is 0. The van der Waals surface area contributed by atoms with Gasteiger partial charge >= 0.3 is 12.0 Å². The molecule has 0 aromatic rings. The van der Waals surface area contributed by atoms with Crippen molar-refractivity contribution in [2.24, 2.45) is 11.3 Å². The number of carboxylic acid groups (broad SMARTS) is 1. The molecule has 2 amide bonds. The third kappa shape index (κ3) is 3.85. The SMILES string of the molecule is CCCC1(CNC(=O)N[C@H]2CC[C@@H](C(=O)O)C2)CC1. The fraction of sp³-hybridized carbons (Fsp3) is 0.857. The van der Waals surface area contributed by atoms with Crippen molar-refractivity contribution in [1.82, 2.24) is 10.6 Å². The minimum absolute atomic E-state index is 0.0161. The van der Waals surface area contributed by atoms with Crippen LogP contribution >= 0.6 is 0 Å². The first kappa shape index (κ1) is 14.2. The van der Waals surface area contributed by atoms with E-state index in [1.807, 2.05) is 0 Å². The van der Waals surface area contributed by atoms with E-state index in [9.17, 15) is 9.59 Å². The predicted octanol–water partition coefficient (Wildman–Crippen LogP) is 2.12. The van der Waals surface area contributed by atoms with E-state index in [2.05, 4.69) is 17.6 Å². The molecule has 2 aliphatic rings.